The van der Waals surface area contributed by atoms with Gasteiger partial charge in [-0.15, -0.1) is 0 Å². The van der Waals surface area contributed by atoms with Crippen LogP contribution in [0.1, 0.15) is 31.1 Å². The molecule has 0 radical (unpaired) electrons. The highest BCUT2D eigenvalue weighted by molar-refractivity contribution is 5.27. The maximum Gasteiger partial charge on any atom is 0.218 e. The number of nitrogens with zero attached hydrogens (tertiary/aromatic N) is 2. The average Bonchev–Trinajstić information content (AvgIpc) is 2.88. The van der Waals surface area contributed by atoms with Crippen LogP contribution in [0, 0.1) is 0 Å². The molecule has 0 saturated heterocycles. The first-order valence-electron chi connectivity index (χ1n) is 6.62. The quantitative estimate of drug-likeness (QED) is 0.866. The highest BCUT2D eigenvalue weighted by Gasteiger charge is 2.11. The molecule has 4 nitrogen and oxygen atoms in total. The molecule has 2 rings (SSSR count). The predicted molar refractivity (Wildman–Crippen MR) is 76.4 cm³/mol. The lowest BCUT2D eigenvalue weighted by molar-refractivity contribution is 0.390. The number of nitrogens with one attached hydrogen (secondary N) is 1. The Kier molecular flexibility index (Phi) is 4.58. The summed E-state index contributed by atoms with van der Waals surface area (Å²) in [5.41, 5.74) is 2.36. The van der Waals surface area contributed by atoms with Crippen LogP contribution in [0.25, 0.3) is 0 Å². The van der Waals surface area contributed by atoms with Crippen molar-refractivity contribution in [2.45, 2.75) is 26.4 Å². The van der Waals surface area contributed by atoms with Gasteiger partial charge in [0, 0.05) is 29.7 Å². The van der Waals surface area contributed by atoms with E-state index in [2.05, 4.69) is 47.0 Å². The van der Waals surface area contributed by atoms with Crippen molar-refractivity contribution >= 4 is 0 Å². The van der Waals surface area contributed by atoms with Gasteiger partial charge in [0.15, 0.2) is 0 Å². The molecule has 0 bridgehead atoms. The van der Waals surface area contributed by atoms with Gasteiger partial charge < -0.3 is 14.6 Å². The van der Waals surface area contributed by atoms with Crippen LogP contribution in [-0.4, -0.2) is 23.2 Å². The van der Waals surface area contributed by atoms with Crippen molar-refractivity contribution < 1.29 is 4.74 Å². The molecule has 2 aromatic heterocycles. The van der Waals surface area contributed by atoms with Crippen molar-refractivity contribution in [3.8, 4) is 5.88 Å². The molecular formula is C15H21N3O. The van der Waals surface area contributed by atoms with E-state index in [-0.39, 0.29) is 0 Å². The van der Waals surface area contributed by atoms with E-state index in [1.54, 1.807) is 13.3 Å². The van der Waals surface area contributed by atoms with Gasteiger partial charge in [0.25, 0.3) is 0 Å². The summed E-state index contributed by atoms with van der Waals surface area (Å²) in [6, 6.07) is 8.55. The van der Waals surface area contributed by atoms with E-state index in [0.717, 1.165) is 18.7 Å². The minimum Gasteiger partial charge on any atom is -0.481 e. The molecule has 0 amide bonds. The molecule has 0 spiro atoms. The first-order valence-corrected chi connectivity index (χ1v) is 6.62. The SMILES string of the molecule is CCNC(C)c1cccn1Cc1cccnc1OC. The topological polar surface area (TPSA) is 39.1 Å². The Balaban J connectivity index is 2.22. The standard InChI is InChI=1S/C15H21N3O/c1-4-16-12(2)14-8-6-10-18(14)11-13-7-5-9-17-15(13)19-3/h5-10,12,16H,4,11H2,1-3H3. The molecule has 4 heteroatoms. The van der Waals surface area contributed by atoms with Crippen LogP contribution in [0.15, 0.2) is 36.7 Å². The number of hydrogen-bond acceptors (Lipinski definition) is 3. The van der Waals surface area contributed by atoms with Gasteiger partial charge in [-0.05, 0) is 31.7 Å². The average molecular weight is 259 g/mol. The van der Waals surface area contributed by atoms with E-state index in [1.807, 2.05) is 12.1 Å². The van der Waals surface area contributed by atoms with Crippen molar-refractivity contribution in [3.05, 3.63) is 47.9 Å². The number of ether oxygens (including phenoxy) is 1. The zero-order valence-electron chi connectivity index (χ0n) is 11.8. The molecule has 0 saturated carbocycles. The molecule has 19 heavy (non-hydrogen) atoms. The zero-order valence-corrected chi connectivity index (χ0v) is 11.8. The molecule has 102 valence electrons. The Bertz CT molecular complexity index is 522. The zero-order chi connectivity index (χ0) is 13.7. The molecule has 0 aliphatic heterocycles. The fourth-order valence-corrected chi connectivity index (χ4v) is 2.29. The Labute approximate surface area is 114 Å². The Morgan fingerprint density at radius 1 is 1.37 bits per heavy atom. The van der Waals surface area contributed by atoms with Gasteiger partial charge >= 0.3 is 0 Å². The number of methoxy groups -OCH3 is 1. The van der Waals surface area contributed by atoms with E-state index >= 15 is 0 Å². The van der Waals surface area contributed by atoms with E-state index in [1.165, 1.54) is 5.69 Å². The highest BCUT2D eigenvalue weighted by atomic mass is 16.5. The van der Waals surface area contributed by atoms with Crippen LogP contribution in [0.4, 0.5) is 0 Å². The van der Waals surface area contributed by atoms with Crippen LogP contribution in [0.3, 0.4) is 0 Å². The third kappa shape index (κ3) is 3.15. The van der Waals surface area contributed by atoms with Gasteiger partial charge in [-0.25, -0.2) is 4.98 Å². The molecule has 1 atom stereocenters. The van der Waals surface area contributed by atoms with Crippen molar-refractivity contribution in [3.63, 3.8) is 0 Å². The molecule has 1 N–H and O–H groups in total. The number of hydrogen-bond donors (Lipinski definition) is 1. The molecule has 0 aliphatic carbocycles. The van der Waals surface area contributed by atoms with Crippen LogP contribution in [0.5, 0.6) is 5.88 Å². The second-order valence-corrected chi connectivity index (χ2v) is 4.51. The van der Waals surface area contributed by atoms with Gasteiger partial charge in [0.1, 0.15) is 0 Å². The summed E-state index contributed by atoms with van der Waals surface area (Å²) >= 11 is 0. The minimum absolute atomic E-state index is 0.336. The molecule has 2 heterocycles. The normalized spacial score (nSPS) is 12.4. The summed E-state index contributed by atoms with van der Waals surface area (Å²) in [7, 11) is 1.66. The summed E-state index contributed by atoms with van der Waals surface area (Å²) in [4.78, 5) is 4.24. The Hall–Kier alpha value is -1.81. The smallest absolute Gasteiger partial charge is 0.218 e. The number of aromatic nitrogens is 2. The van der Waals surface area contributed by atoms with Gasteiger partial charge in [0.05, 0.1) is 13.7 Å². The summed E-state index contributed by atoms with van der Waals surface area (Å²) in [6.45, 7) is 6.03. The largest absolute Gasteiger partial charge is 0.481 e. The van der Waals surface area contributed by atoms with E-state index < -0.39 is 0 Å². The Morgan fingerprint density at radius 2 is 2.21 bits per heavy atom. The number of pyridine rings is 1. The monoisotopic (exact) mass is 259 g/mol. The van der Waals surface area contributed by atoms with Crippen molar-refractivity contribution in [2.75, 3.05) is 13.7 Å². The lowest BCUT2D eigenvalue weighted by Crippen LogP contribution is -2.21. The lowest BCUT2D eigenvalue weighted by Gasteiger charge is -2.17. The van der Waals surface area contributed by atoms with E-state index in [4.69, 9.17) is 4.74 Å². The van der Waals surface area contributed by atoms with Crippen molar-refractivity contribution in [1.82, 2.24) is 14.9 Å². The van der Waals surface area contributed by atoms with Gasteiger partial charge in [0.2, 0.25) is 5.88 Å². The minimum atomic E-state index is 0.336. The summed E-state index contributed by atoms with van der Waals surface area (Å²) in [6.07, 6.45) is 3.84. The van der Waals surface area contributed by atoms with Crippen LogP contribution >= 0.6 is 0 Å². The highest BCUT2D eigenvalue weighted by Crippen LogP contribution is 2.19. The fourth-order valence-electron chi connectivity index (χ4n) is 2.29. The van der Waals surface area contributed by atoms with E-state index in [9.17, 15) is 0 Å². The number of rotatable bonds is 6. The predicted octanol–water partition coefficient (Wildman–Crippen LogP) is 2.61. The summed E-state index contributed by atoms with van der Waals surface area (Å²) in [5, 5.41) is 3.43. The van der Waals surface area contributed by atoms with Crippen LogP contribution < -0.4 is 10.1 Å². The lowest BCUT2D eigenvalue weighted by atomic mass is 10.2. The van der Waals surface area contributed by atoms with Crippen LogP contribution in [-0.2, 0) is 6.54 Å². The van der Waals surface area contributed by atoms with Gasteiger partial charge in [-0.3, -0.25) is 0 Å². The maximum atomic E-state index is 5.30. The third-order valence-corrected chi connectivity index (χ3v) is 3.20. The molecule has 2 aromatic rings. The molecular weight excluding hydrogens is 238 g/mol. The fraction of sp³-hybridized carbons (Fsp3) is 0.400. The van der Waals surface area contributed by atoms with E-state index in [0.29, 0.717) is 11.9 Å². The van der Waals surface area contributed by atoms with Gasteiger partial charge in [-0.1, -0.05) is 13.0 Å². The summed E-state index contributed by atoms with van der Waals surface area (Å²) < 4.78 is 7.53. The first-order chi connectivity index (χ1) is 9.26. The van der Waals surface area contributed by atoms with Crippen molar-refractivity contribution in [2.24, 2.45) is 0 Å². The molecule has 0 fully saturated rings. The second kappa shape index (κ2) is 6.38. The molecule has 1 unspecified atom stereocenters. The van der Waals surface area contributed by atoms with Gasteiger partial charge in [-0.2, -0.15) is 0 Å². The Morgan fingerprint density at radius 3 is 2.95 bits per heavy atom. The molecule has 0 aromatic carbocycles. The third-order valence-electron chi connectivity index (χ3n) is 3.20. The van der Waals surface area contributed by atoms with Crippen molar-refractivity contribution in [1.29, 1.82) is 0 Å². The first kappa shape index (κ1) is 13.6. The summed E-state index contributed by atoms with van der Waals surface area (Å²) in [5.74, 6) is 0.693. The molecule has 0 aliphatic rings. The van der Waals surface area contributed by atoms with Crippen LogP contribution in [0.2, 0.25) is 0 Å². The second-order valence-electron chi connectivity index (χ2n) is 4.51. The maximum absolute atomic E-state index is 5.30.